The molecule has 1 aliphatic heterocycles. The standard InChI is InChI=1S/C16H24NO5P/c1-5-21-23(19,22-6-2)12-17-14(13-10-8-7-9-11-13)16(3,20-4)15(17)18/h7-11,14H,5-6,12H2,1-4H3/t14-,16+/m0/s1. The van der Waals surface area contributed by atoms with E-state index in [1.807, 2.05) is 30.3 Å². The van der Waals surface area contributed by atoms with Crippen LogP contribution in [0.25, 0.3) is 0 Å². The number of hydrogen-bond acceptors (Lipinski definition) is 5. The van der Waals surface area contributed by atoms with Crippen LogP contribution in [0.4, 0.5) is 0 Å². The number of methoxy groups -OCH3 is 1. The van der Waals surface area contributed by atoms with Gasteiger partial charge in [-0.05, 0) is 26.3 Å². The Labute approximate surface area is 137 Å². The van der Waals surface area contributed by atoms with E-state index in [9.17, 15) is 9.36 Å². The fourth-order valence-electron chi connectivity index (χ4n) is 2.93. The maximum atomic E-state index is 12.8. The lowest BCUT2D eigenvalue weighted by atomic mass is 9.80. The second kappa shape index (κ2) is 7.14. The van der Waals surface area contributed by atoms with Crippen molar-refractivity contribution in [1.29, 1.82) is 0 Å². The summed E-state index contributed by atoms with van der Waals surface area (Å²) >= 11 is 0. The van der Waals surface area contributed by atoms with Crippen molar-refractivity contribution in [2.75, 3.05) is 26.6 Å². The molecule has 1 fully saturated rings. The molecule has 0 aromatic heterocycles. The average molecular weight is 341 g/mol. The molecule has 2 atom stereocenters. The third kappa shape index (κ3) is 3.36. The lowest BCUT2D eigenvalue weighted by Gasteiger charge is -2.53. The highest BCUT2D eigenvalue weighted by Gasteiger charge is 2.60. The topological polar surface area (TPSA) is 65.1 Å². The van der Waals surface area contributed by atoms with Gasteiger partial charge in [0.05, 0.1) is 19.3 Å². The Morgan fingerprint density at radius 1 is 1.17 bits per heavy atom. The molecule has 2 rings (SSSR count). The number of rotatable bonds is 8. The summed E-state index contributed by atoms with van der Waals surface area (Å²) in [5.74, 6) is -0.214. The van der Waals surface area contributed by atoms with Crippen LogP contribution in [-0.4, -0.2) is 43.0 Å². The molecule has 6 nitrogen and oxygen atoms in total. The van der Waals surface area contributed by atoms with Crippen molar-refractivity contribution in [3.8, 4) is 0 Å². The first-order valence-corrected chi connectivity index (χ1v) is 9.44. The van der Waals surface area contributed by atoms with Gasteiger partial charge in [0.1, 0.15) is 6.29 Å². The summed E-state index contributed by atoms with van der Waals surface area (Å²) in [6.45, 7) is 5.76. The maximum Gasteiger partial charge on any atom is 0.349 e. The van der Waals surface area contributed by atoms with Gasteiger partial charge in [0, 0.05) is 7.11 Å². The van der Waals surface area contributed by atoms with Crippen molar-refractivity contribution in [2.24, 2.45) is 0 Å². The minimum Gasteiger partial charge on any atom is -0.366 e. The minimum atomic E-state index is -3.35. The van der Waals surface area contributed by atoms with Crippen LogP contribution in [0, 0.1) is 0 Å². The molecule has 1 aromatic rings. The molecule has 0 N–H and O–H groups in total. The van der Waals surface area contributed by atoms with E-state index in [-0.39, 0.29) is 31.4 Å². The Morgan fingerprint density at radius 3 is 2.22 bits per heavy atom. The van der Waals surface area contributed by atoms with Gasteiger partial charge >= 0.3 is 7.60 Å². The van der Waals surface area contributed by atoms with Crippen LogP contribution < -0.4 is 0 Å². The van der Waals surface area contributed by atoms with Crippen LogP contribution in [0.5, 0.6) is 0 Å². The first-order valence-electron chi connectivity index (χ1n) is 7.71. The van der Waals surface area contributed by atoms with Crippen LogP contribution in [0.15, 0.2) is 30.3 Å². The van der Waals surface area contributed by atoms with E-state index in [0.29, 0.717) is 0 Å². The number of hydrogen-bond donors (Lipinski definition) is 0. The van der Waals surface area contributed by atoms with Crippen molar-refractivity contribution in [3.63, 3.8) is 0 Å². The molecule has 0 unspecified atom stereocenters. The van der Waals surface area contributed by atoms with E-state index >= 15 is 0 Å². The highest BCUT2D eigenvalue weighted by atomic mass is 31.2. The van der Waals surface area contributed by atoms with Gasteiger partial charge in [-0.1, -0.05) is 30.3 Å². The summed E-state index contributed by atoms with van der Waals surface area (Å²) in [4.78, 5) is 14.1. The summed E-state index contributed by atoms with van der Waals surface area (Å²) in [5, 5.41) is 0. The third-order valence-electron chi connectivity index (χ3n) is 4.04. The number of β-lactam (4-membered cyclic amide) rings is 1. The number of amides is 1. The summed E-state index contributed by atoms with van der Waals surface area (Å²) in [6, 6.07) is 9.23. The van der Waals surface area contributed by atoms with Crippen LogP contribution in [0.1, 0.15) is 32.4 Å². The Morgan fingerprint density at radius 2 is 1.74 bits per heavy atom. The highest BCUT2D eigenvalue weighted by Crippen LogP contribution is 2.55. The zero-order valence-corrected chi connectivity index (χ0v) is 14.9. The molecule has 0 radical (unpaired) electrons. The molecule has 23 heavy (non-hydrogen) atoms. The molecule has 0 bridgehead atoms. The van der Waals surface area contributed by atoms with E-state index in [4.69, 9.17) is 13.8 Å². The van der Waals surface area contributed by atoms with Crippen LogP contribution in [-0.2, 0) is 23.1 Å². The van der Waals surface area contributed by atoms with Gasteiger partial charge < -0.3 is 18.7 Å². The van der Waals surface area contributed by atoms with E-state index < -0.39 is 13.2 Å². The molecule has 1 aromatic carbocycles. The summed E-state index contributed by atoms with van der Waals surface area (Å²) in [7, 11) is -1.84. The molecule has 0 spiro atoms. The zero-order valence-electron chi connectivity index (χ0n) is 14.0. The first kappa shape index (κ1) is 18.1. The van der Waals surface area contributed by atoms with Crippen molar-refractivity contribution < 1.29 is 23.1 Å². The van der Waals surface area contributed by atoms with Gasteiger partial charge in [-0.15, -0.1) is 0 Å². The van der Waals surface area contributed by atoms with Gasteiger partial charge in [0.2, 0.25) is 0 Å². The van der Waals surface area contributed by atoms with Crippen LogP contribution >= 0.6 is 7.60 Å². The van der Waals surface area contributed by atoms with Crippen molar-refractivity contribution in [3.05, 3.63) is 35.9 Å². The second-order valence-corrected chi connectivity index (χ2v) is 7.51. The van der Waals surface area contributed by atoms with Gasteiger partial charge in [-0.3, -0.25) is 9.36 Å². The number of likely N-dealkylation sites (tertiary alicyclic amines) is 1. The Kier molecular flexibility index (Phi) is 5.63. The number of ether oxygens (including phenoxy) is 1. The lowest BCUT2D eigenvalue weighted by Crippen LogP contribution is -2.67. The fraction of sp³-hybridized carbons (Fsp3) is 0.562. The molecule has 1 saturated heterocycles. The summed E-state index contributed by atoms with van der Waals surface area (Å²) in [6.07, 6.45) is -0.0774. The molecular formula is C16H24NO5P. The Bertz CT molecular complexity index is 583. The SMILES string of the molecule is CCOP(=O)(CN1C(=O)[C@](C)(OC)[C@@H]1c1ccccc1)OCC. The predicted molar refractivity (Wildman–Crippen MR) is 87.2 cm³/mol. The van der Waals surface area contributed by atoms with Crippen LogP contribution in [0.2, 0.25) is 0 Å². The summed E-state index contributed by atoms with van der Waals surface area (Å²) < 4.78 is 28.8. The van der Waals surface area contributed by atoms with Crippen molar-refractivity contribution >= 4 is 13.5 Å². The predicted octanol–water partition coefficient (Wildman–Crippen LogP) is 3.20. The Balaban J connectivity index is 2.29. The quantitative estimate of drug-likeness (QED) is 0.537. The van der Waals surface area contributed by atoms with Crippen LogP contribution in [0.3, 0.4) is 0 Å². The van der Waals surface area contributed by atoms with Gasteiger partial charge in [0.25, 0.3) is 5.91 Å². The third-order valence-corrected chi connectivity index (χ3v) is 5.99. The van der Waals surface area contributed by atoms with E-state index in [1.165, 1.54) is 12.0 Å². The van der Waals surface area contributed by atoms with E-state index in [1.54, 1.807) is 20.8 Å². The molecule has 1 aliphatic rings. The Hall–Kier alpha value is -1.20. The average Bonchev–Trinajstić information content (AvgIpc) is 2.55. The number of nitrogens with zero attached hydrogens (tertiary/aromatic N) is 1. The number of benzene rings is 1. The molecule has 1 amide bonds. The van der Waals surface area contributed by atoms with Crippen molar-refractivity contribution in [1.82, 2.24) is 4.90 Å². The van der Waals surface area contributed by atoms with Crippen molar-refractivity contribution in [2.45, 2.75) is 32.4 Å². The number of carbonyl (C=O) groups is 1. The molecule has 0 aliphatic carbocycles. The normalized spacial score (nSPS) is 24.6. The molecule has 1 heterocycles. The molecule has 7 heteroatoms. The lowest BCUT2D eigenvalue weighted by molar-refractivity contribution is -0.193. The molecule has 128 valence electrons. The largest absolute Gasteiger partial charge is 0.366 e. The zero-order chi connectivity index (χ0) is 17.1. The van der Waals surface area contributed by atoms with Gasteiger partial charge in [-0.25, -0.2) is 0 Å². The minimum absolute atomic E-state index is 0.0774. The smallest absolute Gasteiger partial charge is 0.349 e. The highest BCUT2D eigenvalue weighted by molar-refractivity contribution is 7.53. The molecule has 0 saturated carbocycles. The monoisotopic (exact) mass is 341 g/mol. The van der Waals surface area contributed by atoms with E-state index in [2.05, 4.69) is 0 Å². The first-order chi connectivity index (χ1) is 10.9. The second-order valence-electron chi connectivity index (χ2n) is 5.49. The fourth-order valence-corrected chi connectivity index (χ4v) is 4.62. The maximum absolute atomic E-state index is 12.8. The van der Waals surface area contributed by atoms with Gasteiger partial charge in [-0.2, -0.15) is 0 Å². The number of carbonyl (C=O) groups excluding carboxylic acids is 1. The van der Waals surface area contributed by atoms with E-state index in [0.717, 1.165) is 5.56 Å². The molecular weight excluding hydrogens is 317 g/mol. The van der Waals surface area contributed by atoms with Gasteiger partial charge in [0.15, 0.2) is 5.60 Å². The summed E-state index contributed by atoms with van der Waals surface area (Å²) in [5.41, 5.74) is -0.0408.